The number of alkyl halides is 3. The van der Waals surface area contributed by atoms with Crippen LogP contribution in [-0.4, -0.2) is 29.2 Å². The van der Waals surface area contributed by atoms with E-state index in [9.17, 15) is 18.0 Å². The van der Waals surface area contributed by atoms with E-state index in [0.29, 0.717) is 13.0 Å². The minimum absolute atomic E-state index is 0.0131. The molecule has 1 saturated heterocycles. The van der Waals surface area contributed by atoms with Gasteiger partial charge in [0.2, 0.25) is 0 Å². The SMILES string of the molecule is C[C@H]1C[C@@H](c2ccc(C(F)(F)F)cc2)CCN1C(=O)OC(C)(C)C. The molecular formula is C18H24F3NO2. The summed E-state index contributed by atoms with van der Waals surface area (Å²) in [6.07, 6.45) is -3.22. The lowest BCUT2D eigenvalue weighted by molar-refractivity contribution is -0.137. The summed E-state index contributed by atoms with van der Waals surface area (Å²) in [5.74, 6) is 0.154. The minimum Gasteiger partial charge on any atom is -0.444 e. The van der Waals surface area contributed by atoms with E-state index in [2.05, 4.69) is 0 Å². The zero-order valence-electron chi connectivity index (χ0n) is 14.5. The van der Waals surface area contributed by atoms with Crippen LogP contribution >= 0.6 is 0 Å². The summed E-state index contributed by atoms with van der Waals surface area (Å²) in [4.78, 5) is 13.9. The maximum absolute atomic E-state index is 12.6. The van der Waals surface area contributed by atoms with E-state index in [1.165, 1.54) is 0 Å². The van der Waals surface area contributed by atoms with Gasteiger partial charge in [0.25, 0.3) is 0 Å². The predicted octanol–water partition coefficient (Wildman–Crippen LogP) is 5.21. The van der Waals surface area contributed by atoms with Crippen LogP contribution in [0.15, 0.2) is 24.3 Å². The van der Waals surface area contributed by atoms with Crippen LogP contribution in [0.1, 0.15) is 57.6 Å². The third-order valence-corrected chi connectivity index (χ3v) is 4.21. The zero-order valence-corrected chi connectivity index (χ0v) is 14.5. The van der Waals surface area contributed by atoms with Gasteiger partial charge in [-0.3, -0.25) is 0 Å². The largest absolute Gasteiger partial charge is 0.444 e. The van der Waals surface area contributed by atoms with Gasteiger partial charge in [-0.1, -0.05) is 12.1 Å². The number of amides is 1. The van der Waals surface area contributed by atoms with Crippen LogP contribution in [0.2, 0.25) is 0 Å². The van der Waals surface area contributed by atoms with Crippen LogP contribution in [-0.2, 0) is 10.9 Å². The number of rotatable bonds is 1. The van der Waals surface area contributed by atoms with Crippen molar-refractivity contribution < 1.29 is 22.7 Å². The Morgan fingerprint density at radius 3 is 2.21 bits per heavy atom. The minimum atomic E-state index is -4.31. The van der Waals surface area contributed by atoms with Crippen molar-refractivity contribution in [2.45, 2.75) is 64.3 Å². The summed E-state index contributed by atoms with van der Waals surface area (Å²) in [5.41, 5.74) is -0.287. The Bertz CT molecular complexity index is 575. The molecule has 1 aromatic rings. The molecule has 0 N–H and O–H groups in total. The molecule has 2 atom stereocenters. The molecule has 1 fully saturated rings. The first-order valence-corrected chi connectivity index (χ1v) is 8.14. The van der Waals surface area contributed by atoms with Crippen LogP contribution < -0.4 is 0 Å². The lowest BCUT2D eigenvalue weighted by atomic mass is 9.85. The number of carbonyl (C=O) groups excluding carboxylic acids is 1. The number of halogens is 3. The molecule has 0 radical (unpaired) electrons. The molecule has 0 unspecified atom stereocenters. The number of carbonyl (C=O) groups is 1. The summed E-state index contributed by atoms with van der Waals surface area (Å²) in [5, 5.41) is 0. The number of likely N-dealkylation sites (tertiary alicyclic amines) is 1. The fourth-order valence-corrected chi connectivity index (χ4v) is 3.01. The number of hydrogen-bond donors (Lipinski definition) is 0. The maximum atomic E-state index is 12.6. The Kier molecular flexibility index (Phi) is 5.16. The maximum Gasteiger partial charge on any atom is 0.416 e. The molecule has 1 aromatic carbocycles. The lowest BCUT2D eigenvalue weighted by Gasteiger charge is -2.38. The van der Waals surface area contributed by atoms with Crippen molar-refractivity contribution in [3.05, 3.63) is 35.4 Å². The first-order valence-electron chi connectivity index (χ1n) is 8.14. The second kappa shape index (κ2) is 6.65. The van der Waals surface area contributed by atoms with Gasteiger partial charge < -0.3 is 9.64 Å². The zero-order chi connectivity index (χ0) is 18.1. The molecule has 1 heterocycles. The quantitative estimate of drug-likeness (QED) is 0.701. The number of hydrogen-bond acceptors (Lipinski definition) is 2. The first-order chi connectivity index (χ1) is 11.0. The van der Waals surface area contributed by atoms with Gasteiger partial charge in [-0.25, -0.2) is 4.79 Å². The second-order valence-electron chi connectivity index (χ2n) is 7.36. The van der Waals surface area contributed by atoms with Crippen molar-refractivity contribution in [1.82, 2.24) is 4.90 Å². The van der Waals surface area contributed by atoms with Crippen molar-refractivity contribution in [2.75, 3.05) is 6.54 Å². The molecule has 1 aliphatic heterocycles. The fraction of sp³-hybridized carbons (Fsp3) is 0.611. The molecule has 6 heteroatoms. The highest BCUT2D eigenvalue weighted by molar-refractivity contribution is 5.68. The molecule has 24 heavy (non-hydrogen) atoms. The van der Waals surface area contributed by atoms with Crippen LogP contribution in [0.3, 0.4) is 0 Å². The summed E-state index contributed by atoms with van der Waals surface area (Å²) in [6.45, 7) is 7.96. The monoisotopic (exact) mass is 343 g/mol. The smallest absolute Gasteiger partial charge is 0.416 e. The average Bonchev–Trinajstić information content (AvgIpc) is 2.44. The van der Waals surface area contributed by atoms with Crippen molar-refractivity contribution >= 4 is 6.09 Å². The molecule has 0 saturated carbocycles. The van der Waals surface area contributed by atoms with Gasteiger partial charge in [-0.15, -0.1) is 0 Å². The summed E-state index contributed by atoms with van der Waals surface area (Å²) in [7, 11) is 0. The Morgan fingerprint density at radius 1 is 1.17 bits per heavy atom. The van der Waals surface area contributed by atoms with Gasteiger partial charge in [0.05, 0.1) is 5.56 Å². The van der Waals surface area contributed by atoms with E-state index in [0.717, 1.165) is 24.1 Å². The van der Waals surface area contributed by atoms with Gasteiger partial charge in [0.15, 0.2) is 0 Å². The van der Waals surface area contributed by atoms with E-state index in [-0.39, 0.29) is 18.1 Å². The van der Waals surface area contributed by atoms with Crippen molar-refractivity contribution in [1.29, 1.82) is 0 Å². The topological polar surface area (TPSA) is 29.5 Å². The highest BCUT2D eigenvalue weighted by atomic mass is 19.4. The Balaban J connectivity index is 2.01. The predicted molar refractivity (Wildman–Crippen MR) is 85.8 cm³/mol. The van der Waals surface area contributed by atoms with E-state index in [1.807, 2.05) is 27.7 Å². The molecule has 2 rings (SSSR count). The normalized spacial score (nSPS) is 22.4. The number of benzene rings is 1. The van der Waals surface area contributed by atoms with Gasteiger partial charge >= 0.3 is 12.3 Å². The third-order valence-electron chi connectivity index (χ3n) is 4.21. The molecule has 0 aromatic heterocycles. The van der Waals surface area contributed by atoms with E-state index in [1.54, 1.807) is 17.0 Å². The van der Waals surface area contributed by atoms with Crippen LogP contribution in [0.5, 0.6) is 0 Å². The number of ether oxygens (including phenoxy) is 1. The molecule has 1 amide bonds. The van der Waals surface area contributed by atoms with Crippen LogP contribution in [0, 0.1) is 0 Å². The number of piperidine rings is 1. The second-order valence-corrected chi connectivity index (χ2v) is 7.36. The molecular weight excluding hydrogens is 319 g/mol. The Labute approximate surface area is 140 Å². The highest BCUT2D eigenvalue weighted by Crippen LogP contribution is 2.35. The third kappa shape index (κ3) is 4.65. The molecule has 0 spiro atoms. The molecule has 0 bridgehead atoms. The summed E-state index contributed by atoms with van der Waals surface area (Å²) >= 11 is 0. The van der Waals surface area contributed by atoms with Gasteiger partial charge in [-0.2, -0.15) is 13.2 Å². The average molecular weight is 343 g/mol. The van der Waals surface area contributed by atoms with Crippen LogP contribution in [0.4, 0.5) is 18.0 Å². The standard InChI is InChI=1S/C18H24F3NO2/c1-12-11-14(9-10-22(12)16(23)24-17(2,3)4)13-5-7-15(8-6-13)18(19,20)21/h5-8,12,14H,9-11H2,1-4H3/t12-,14-/m0/s1. The molecule has 1 aliphatic rings. The van der Waals surface area contributed by atoms with E-state index >= 15 is 0 Å². The van der Waals surface area contributed by atoms with Gasteiger partial charge in [-0.05, 0) is 64.2 Å². The fourth-order valence-electron chi connectivity index (χ4n) is 3.01. The van der Waals surface area contributed by atoms with Crippen LogP contribution in [0.25, 0.3) is 0 Å². The van der Waals surface area contributed by atoms with Gasteiger partial charge in [0.1, 0.15) is 5.60 Å². The van der Waals surface area contributed by atoms with Gasteiger partial charge in [0, 0.05) is 12.6 Å². The Morgan fingerprint density at radius 2 is 1.75 bits per heavy atom. The van der Waals surface area contributed by atoms with Crippen molar-refractivity contribution in [2.24, 2.45) is 0 Å². The summed E-state index contributed by atoms with van der Waals surface area (Å²) in [6, 6.07) is 5.33. The van der Waals surface area contributed by atoms with E-state index < -0.39 is 17.3 Å². The summed E-state index contributed by atoms with van der Waals surface area (Å²) < 4.78 is 43.3. The van der Waals surface area contributed by atoms with Crippen molar-refractivity contribution in [3.8, 4) is 0 Å². The molecule has 3 nitrogen and oxygen atoms in total. The lowest BCUT2D eigenvalue weighted by Crippen LogP contribution is -2.46. The molecule has 134 valence electrons. The first kappa shape index (κ1) is 18.6. The van der Waals surface area contributed by atoms with E-state index in [4.69, 9.17) is 4.74 Å². The van der Waals surface area contributed by atoms with Crippen molar-refractivity contribution in [3.63, 3.8) is 0 Å². The number of nitrogens with zero attached hydrogens (tertiary/aromatic N) is 1. The Hall–Kier alpha value is -1.72. The highest BCUT2D eigenvalue weighted by Gasteiger charge is 2.33. The molecule has 0 aliphatic carbocycles.